The van der Waals surface area contributed by atoms with Crippen molar-refractivity contribution in [2.45, 2.75) is 39.0 Å². The lowest BCUT2D eigenvalue weighted by atomic mass is 9.86. The van der Waals surface area contributed by atoms with Crippen LogP contribution in [0.5, 0.6) is 0 Å². The molecule has 1 unspecified atom stereocenters. The maximum Gasteiger partial charge on any atom is 0.212 e. The quantitative estimate of drug-likeness (QED) is 0.543. The highest BCUT2D eigenvalue weighted by atomic mass is 127. The van der Waals surface area contributed by atoms with E-state index in [9.17, 15) is 0 Å². The third-order valence-corrected chi connectivity index (χ3v) is 5.98. The summed E-state index contributed by atoms with van der Waals surface area (Å²) in [5.74, 6) is 1.97. The number of aromatic nitrogens is 5. The lowest BCUT2D eigenvalue weighted by Crippen LogP contribution is -2.30. The van der Waals surface area contributed by atoms with E-state index >= 15 is 0 Å². The van der Waals surface area contributed by atoms with Crippen molar-refractivity contribution in [3.05, 3.63) is 28.4 Å². The zero-order chi connectivity index (χ0) is 17.8. The number of rotatable bonds is 5. The molecule has 3 aliphatic rings. The molecule has 2 saturated heterocycles. The lowest BCUT2D eigenvalue weighted by molar-refractivity contribution is 0.0160. The van der Waals surface area contributed by atoms with Gasteiger partial charge in [0, 0.05) is 59.1 Å². The Morgan fingerprint density at radius 3 is 2.92 bits per heavy atom. The van der Waals surface area contributed by atoms with Crippen LogP contribution in [-0.2, 0) is 4.74 Å². The molecule has 136 valence electrons. The molecule has 7 nitrogen and oxygen atoms in total. The van der Waals surface area contributed by atoms with Crippen molar-refractivity contribution in [2.24, 2.45) is 5.92 Å². The Morgan fingerprint density at radius 1 is 1.35 bits per heavy atom. The summed E-state index contributed by atoms with van der Waals surface area (Å²) in [4.78, 5) is 7.06. The van der Waals surface area contributed by atoms with Crippen LogP contribution in [0.2, 0.25) is 0 Å². The van der Waals surface area contributed by atoms with E-state index in [0.29, 0.717) is 12.6 Å². The third-order valence-electron chi connectivity index (χ3n) is 5.52. The first-order chi connectivity index (χ1) is 12.6. The van der Waals surface area contributed by atoms with E-state index < -0.39 is 0 Å². The van der Waals surface area contributed by atoms with Gasteiger partial charge in [0.1, 0.15) is 12.0 Å². The molecule has 26 heavy (non-hydrogen) atoms. The maximum absolute atomic E-state index is 5.67. The first-order valence-corrected chi connectivity index (χ1v) is 10.2. The fourth-order valence-corrected chi connectivity index (χ4v) is 4.66. The molecule has 5 heterocycles. The van der Waals surface area contributed by atoms with Gasteiger partial charge in [-0.1, -0.05) is 0 Å². The third kappa shape index (κ3) is 2.53. The van der Waals surface area contributed by atoms with Gasteiger partial charge in [0.05, 0.1) is 6.20 Å². The molecule has 2 aliphatic heterocycles. The van der Waals surface area contributed by atoms with Crippen molar-refractivity contribution in [3.8, 4) is 11.1 Å². The van der Waals surface area contributed by atoms with E-state index in [-0.39, 0.29) is 6.23 Å². The van der Waals surface area contributed by atoms with E-state index in [2.05, 4.69) is 54.9 Å². The first-order valence-electron chi connectivity index (χ1n) is 9.12. The predicted octanol–water partition coefficient (Wildman–Crippen LogP) is 3.35. The summed E-state index contributed by atoms with van der Waals surface area (Å²) in [5.41, 5.74) is 3.14. The topological polar surface area (TPSA) is 60.5 Å². The number of fused-ring (bicyclic) bond motifs is 2. The molecule has 0 N–H and O–H groups in total. The molecule has 0 radical (unpaired) electrons. The van der Waals surface area contributed by atoms with E-state index in [0.717, 1.165) is 38.9 Å². The van der Waals surface area contributed by atoms with Gasteiger partial charge in [-0.15, -0.1) is 5.10 Å². The fraction of sp³-hybridized carbons (Fsp3) is 0.500. The van der Waals surface area contributed by atoms with Gasteiger partial charge >= 0.3 is 0 Å². The smallest absolute Gasteiger partial charge is 0.212 e. The number of hydrogen-bond donors (Lipinski definition) is 0. The van der Waals surface area contributed by atoms with Gasteiger partial charge in [-0.25, -0.2) is 9.67 Å². The summed E-state index contributed by atoms with van der Waals surface area (Å²) in [7, 11) is 0. The van der Waals surface area contributed by atoms with E-state index in [1.807, 2.05) is 35.3 Å². The van der Waals surface area contributed by atoms with Crippen molar-refractivity contribution in [1.82, 2.24) is 24.4 Å². The number of anilines is 1. The largest absolute Gasteiger partial charge is 0.357 e. The van der Waals surface area contributed by atoms with Crippen LogP contribution in [0.3, 0.4) is 0 Å². The zero-order valence-electron chi connectivity index (χ0n) is 14.8. The highest BCUT2D eigenvalue weighted by Gasteiger charge is 2.44. The molecule has 3 aromatic heterocycles. The van der Waals surface area contributed by atoms with Crippen LogP contribution in [0, 0.1) is 9.75 Å². The van der Waals surface area contributed by atoms with Gasteiger partial charge in [-0.3, -0.25) is 0 Å². The van der Waals surface area contributed by atoms with Gasteiger partial charge in [0.15, 0.2) is 5.65 Å². The molecular formula is C18H21IN6O. The van der Waals surface area contributed by atoms with Crippen molar-refractivity contribution in [3.63, 3.8) is 0 Å². The van der Waals surface area contributed by atoms with Crippen LogP contribution in [-0.4, -0.2) is 43.6 Å². The van der Waals surface area contributed by atoms with Crippen molar-refractivity contribution in [2.75, 3.05) is 18.1 Å². The van der Waals surface area contributed by atoms with Crippen molar-refractivity contribution >= 4 is 34.1 Å². The van der Waals surface area contributed by atoms with Gasteiger partial charge in [0.2, 0.25) is 3.83 Å². The summed E-state index contributed by atoms with van der Waals surface area (Å²) in [6, 6.07) is 4.82. The van der Waals surface area contributed by atoms with Crippen molar-refractivity contribution in [1.29, 1.82) is 0 Å². The maximum atomic E-state index is 5.67. The fourth-order valence-electron chi connectivity index (χ4n) is 4.19. The average Bonchev–Trinajstić information content (AvgIpc) is 3.34. The van der Waals surface area contributed by atoms with Gasteiger partial charge in [-0.05, 0) is 44.7 Å². The normalized spacial score (nSPS) is 22.8. The number of hydrogen-bond acceptors (Lipinski definition) is 5. The van der Waals surface area contributed by atoms with E-state index in [1.165, 1.54) is 12.8 Å². The van der Waals surface area contributed by atoms with Crippen LogP contribution >= 0.6 is 22.6 Å². The number of halogens is 1. The Morgan fingerprint density at radius 2 is 2.19 bits per heavy atom. The number of ether oxygens (including phenoxy) is 1. The molecule has 2 bridgehead atoms. The SMILES string of the molecule is CCOC(C)n1cc(-c2ccc3nc(I)nn3c2N2CC3CC2C3)cn1. The summed E-state index contributed by atoms with van der Waals surface area (Å²) >= 11 is 2.18. The Labute approximate surface area is 165 Å². The Bertz CT molecular complexity index is 960. The lowest BCUT2D eigenvalue weighted by Gasteiger charge is -2.28. The number of pyridine rings is 1. The molecule has 3 fully saturated rings. The van der Waals surface area contributed by atoms with Crippen LogP contribution in [0.25, 0.3) is 16.8 Å². The molecule has 0 aromatic carbocycles. The van der Waals surface area contributed by atoms with E-state index in [4.69, 9.17) is 4.74 Å². The molecule has 3 aromatic rings. The molecule has 1 aliphatic carbocycles. The summed E-state index contributed by atoms with van der Waals surface area (Å²) in [6.07, 6.45) is 6.49. The first kappa shape index (κ1) is 16.5. The minimum absolute atomic E-state index is 0.0761. The predicted molar refractivity (Wildman–Crippen MR) is 107 cm³/mol. The van der Waals surface area contributed by atoms with Crippen LogP contribution < -0.4 is 4.90 Å². The highest BCUT2D eigenvalue weighted by Crippen LogP contribution is 2.45. The zero-order valence-corrected chi connectivity index (χ0v) is 17.0. The molecule has 1 saturated carbocycles. The monoisotopic (exact) mass is 464 g/mol. The molecule has 0 amide bonds. The minimum atomic E-state index is -0.0761. The van der Waals surface area contributed by atoms with Gasteiger partial charge in [0.25, 0.3) is 0 Å². The Hall–Kier alpha value is -1.68. The summed E-state index contributed by atoms with van der Waals surface area (Å²) in [6.45, 7) is 5.79. The minimum Gasteiger partial charge on any atom is -0.357 e. The Balaban J connectivity index is 1.63. The molecular weight excluding hydrogens is 443 g/mol. The molecule has 0 spiro atoms. The van der Waals surface area contributed by atoms with E-state index in [1.54, 1.807) is 0 Å². The second kappa shape index (κ2) is 6.19. The van der Waals surface area contributed by atoms with Gasteiger partial charge < -0.3 is 9.64 Å². The Kier molecular flexibility index (Phi) is 3.93. The highest BCUT2D eigenvalue weighted by molar-refractivity contribution is 14.1. The second-order valence-electron chi connectivity index (χ2n) is 7.13. The summed E-state index contributed by atoms with van der Waals surface area (Å²) < 4.78 is 10.3. The van der Waals surface area contributed by atoms with Crippen molar-refractivity contribution < 1.29 is 4.74 Å². The average molecular weight is 464 g/mol. The van der Waals surface area contributed by atoms with Crippen LogP contribution in [0.15, 0.2) is 24.5 Å². The van der Waals surface area contributed by atoms with Crippen LogP contribution in [0.1, 0.15) is 32.9 Å². The number of nitrogens with zero attached hydrogens (tertiary/aromatic N) is 6. The molecule has 8 heteroatoms. The standard InChI is InChI=1S/C18H21IN6O/c1-3-26-11(2)24-10-13(8-20-24)15-4-5-16-21-18(19)22-25(16)17(15)23-9-12-6-14(23)7-12/h4-5,8,10-12,14H,3,6-7,9H2,1-2H3. The summed E-state index contributed by atoms with van der Waals surface area (Å²) in [5, 5.41) is 9.19. The molecule has 6 rings (SSSR count). The van der Waals surface area contributed by atoms with Crippen LogP contribution in [0.4, 0.5) is 5.82 Å². The molecule has 1 atom stereocenters. The second-order valence-corrected chi connectivity index (χ2v) is 8.09. The van der Waals surface area contributed by atoms with Gasteiger partial charge in [-0.2, -0.15) is 9.61 Å².